The zero-order valence-electron chi connectivity index (χ0n) is 8.23. The second-order valence-corrected chi connectivity index (χ2v) is 3.48. The Balaban J connectivity index is 2.77. The molecule has 6 nitrogen and oxygen atoms in total. The molecule has 1 aromatic rings. The van der Waals surface area contributed by atoms with Crippen molar-refractivity contribution >= 4 is 28.5 Å². The van der Waals surface area contributed by atoms with Gasteiger partial charge in [0.2, 0.25) is 0 Å². The van der Waals surface area contributed by atoms with Gasteiger partial charge in [0.15, 0.2) is 0 Å². The van der Waals surface area contributed by atoms with Crippen LogP contribution in [0.2, 0.25) is 0 Å². The van der Waals surface area contributed by atoms with E-state index < -0.39 is 11.9 Å². The second kappa shape index (κ2) is 4.74. The zero-order chi connectivity index (χ0) is 11.4. The Kier molecular flexibility index (Phi) is 3.62. The van der Waals surface area contributed by atoms with E-state index in [0.29, 0.717) is 10.7 Å². The first-order valence-electron chi connectivity index (χ1n) is 4.06. The van der Waals surface area contributed by atoms with Gasteiger partial charge >= 0.3 is 11.9 Å². The SMILES string of the molecule is COC(=O)CNc1snc(C)c1C(=O)O. The van der Waals surface area contributed by atoms with Crippen molar-refractivity contribution < 1.29 is 19.4 Å². The molecule has 0 spiro atoms. The lowest BCUT2D eigenvalue weighted by molar-refractivity contribution is -0.138. The third kappa shape index (κ3) is 2.66. The summed E-state index contributed by atoms with van der Waals surface area (Å²) in [4.78, 5) is 21.7. The molecule has 0 radical (unpaired) electrons. The molecule has 7 heteroatoms. The van der Waals surface area contributed by atoms with E-state index in [2.05, 4.69) is 14.4 Å². The van der Waals surface area contributed by atoms with Crippen molar-refractivity contribution in [3.05, 3.63) is 11.3 Å². The molecular formula is C8H10N2O4S. The molecule has 0 bridgehead atoms. The van der Waals surface area contributed by atoms with E-state index in [-0.39, 0.29) is 12.1 Å². The van der Waals surface area contributed by atoms with Gasteiger partial charge in [-0.3, -0.25) is 4.79 Å². The third-order valence-electron chi connectivity index (χ3n) is 1.70. The van der Waals surface area contributed by atoms with Crippen LogP contribution in [0.1, 0.15) is 16.1 Å². The van der Waals surface area contributed by atoms with Crippen molar-refractivity contribution in [1.82, 2.24) is 4.37 Å². The highest BCUT2D eigenvalue weighted by molar-refractivity contribution is 7.10. The number of rotatable bonds is 4. The van der Waals surface area contributed by atoms with Crippen molar-refractivity contribution in [2.45, 2.75) is 6.92 Å². The Hall–Kier alpha value is -1.63. The van der Waals surface area contributed by atoms with Gasteiger partial charge in [0.05, 0.1) is 12.8 Å². The molecule has 0 atom stereocenters. The first kappa shape index (κ1) is 11.4. The van der Waals surface area contributed by atoms with E-state index in [1.54, 1.807) is 6.92 Å². The van der Waals surface area contributed by atoms with E-state index in [4.69, 9.17) is 5.11 Å². The lowest BCUT2D eigenvalue weighted by atomic mass is 10.2. The van der Waals surface area contributed by atoms with Crippen LogP contribution in [-0.2, 0) is 9.53 Å². The highest BCUT2D eigenvalue weighted by Crippen LogP contribution is 2.23. The largest absolute Gasteiger partial charge is 0.478 e. The monoisotopic (exact) mass is 230 g/mol. The van der Waals surface area contributed by atoms with Crippen molar-refractivity contribution in [2.24, 2.45) is 0 Å². The molecule has 0 unspecified atom stereocenters. The van der Waals surface area contributed by atoms with Crippen LogP contribution in [0.5, 0.6) is 0 Å². The van der Waals surface area contributed by atoms with Crippen LogP contribution in [0.15, 0.2) is 0 Å². The summed E-state index contributed by atoms with van der Waals surface area (Å²) in [5.74, 6) is -1.52. The van der Waals surface area contributed by atoms with Crippen LogP contribution >= 0.6 is 11.5 Å². The van der Waals surface area contributed by atoms with Crippen LogP contribution in [0.4, 0.5) is 5.00 Å². The van der Waals surface area contributed by atoms with Gasteiger partial charge in [0.25, 0.3) is 0 Å². The number of hydrogen-bond acceptors (Lipinski definition) is 6. The summed E-state index contributed by atoms with van der Waals surface area (Å²) in [5, 5.41) is 11.9. The number of carboxylic acids is 1. The lowest BCUT2D eigenvalue weighted by Gasteiger charge is -2.02. The minimum Gasteiger partial charge on any atom is -0.478 e. The minimum absolute atomic E-state index is 0.0710. The van der Waals surface area contributed by atoms with Crippen LogP contribution in [0, 0.1) is 6.92 Å². The molecule has 82 valence electrons. The fraction of sp³-hybridized carbons (Fsp3) is 0.375. The normalized spacial score (nSPS) is 9.73. The van der Waals surface area contributed by atoms with E-state index >= 15 is 0 Å². The van der Waals surface area contributed by atoms with Crippen molar-refractivity contribution in [1.29, 1.82) is 0 Å². The van der Waals surface area contributed by atoms with Gasteiger partial charge in [0, 0.05) is 0 Å². The van der Waals surface area contributed by atoms with Crippen LogP contribution < -0.4 is 5.32 Å². The number of anilines is 1. The molecule has 0 aromatic carbocycles. The van der Waals surface area contributed by atoms with E-state index in [9.17, 15) is 9.59 Å². The van der Waals surface area contributed by atoms with E-state index in [0.717, 1.165) is 11.5 Å². The predicted molar refractivity (Wildman–Crippen MR) is 54.3 cm³/mol. The third-order valence-corrected chi connectivity index (χ3v) is 2.59. The van der Waals surface area contributed by atoms with Crippen LogP contribution in [0.3, 0.4) is 0 Å². The fourth-order valence-corrected chi connectivity index (χ4v) is 1.75. The summed E-state index contributed by atoms with van der Waals surface area (Å²) in [6.07, 6.45) is 0. The molecule has 2 N–H and O–H groups in total. The zero-order valence-corrected chi connectivity index (χ0v) is 9.05. The Labute approximate surface area is 90.0 Å². The molecule has 1 aromatic heterocycles. The first-order valence-corrected chi connectivity index (χ1v) is 4.84. The molecule has 0 saturated carbocycles. The standard InChI is InChI=1S/C8H10N2O4S/c1-4-6(8(12)13)7(15-10-4)9-3-5(11)14-2/h9H,3H2,1-2H3,(H,12,13). The Morgan fingerprint density at radius 1 is 1.60 bits per heavy atom. The predicted octanol–water partition coefficient (Wildman–Crippen LogP) is 0.735. The molecule has 1 rings (SSSR count). The van der Waals surface area contributed by atoms with Gasteiger partial charge in [-0.1, -0.05) is 0 Å². The summed E-state index contributed by atoms with van der Waals surface area (Å²) in [7, 11) is 1.26. The Morgan fingerprint density at radius 2 is 2.27 bits per heavy atom. The van der Waals surface area contributed by atoms with E-state index in [1.165, 1.54) is 7.11 Å². The summed E-state index contributed by atoms with van der Waals surface area (Å²) in [6, 6.07) is 0. The maximum Gasteiger partial charge on any atom is 0.340 e. The number of aryl methyl sites for hydroxylation is 1. The molecule has 15 heavy (non-hydrogen) atoms. The lowest BCUT2D eigenvalue weighted by Crippen LogP contribution is -2.15. The summed E-state index contributed by atoms with van der Waals surface area (Å²) in [6.45, 7) is 1.53. The van der Waals surface area contributed by atoms with Crippen molar-refractivity contribution in [2.75, 3.05) is 19.0 Å². The number of nitrogens with zero attached hydrogens (tertiary/aromatic N) is 1. The van der Waals surface area contributed by atoms with Gasteiger partial charge in [-0.25, -0.2) is 4.79 Å². The van der Waals surface area contributed by atoms with Crippen molar-refractivity contribution in [3.63, 3.8) is 0 Å². The number of carbonyl (C=O) groups is 2. The number of carbonyl (C=O) groups excluding carboxylic acids is 1. The molecule has 0 aliphatic carbocycles. The Morgan fingerprint density at radius 3 is 2.80 bits per heavy atom. The summed E-state index contributed by atoms with van der Waals surface area (Å²) < 4.78 is 8.30. The average Bonchev–Trinajstić information content (AvgIpc) is 2.56. The first-order chi connectivity index (χ1) is 7.06. The van der Waals surface area contributed by atoms with Gasteiger partial charge in [0.1, 0.15) is 17.1 Å². The van der Waals surface area contributed by atoms with Crippen LogP contribution in [-0.4, -0.2) is 35.1 Å². The maximum absolute atomic E-state index is 10.8. The molecule has 0 aliphatic rings. The topological polar surface area (TPSA) is 88.5 Å². The van der Waals surface area contributed by atoms with Crippen LogP contribution in [0.25, 0.3) is 0 Å². The quantitative estimate of drug-likeness (QED) is 0.741. The number of ether oxygens (including phenoxy) is 1. The average molecular weight is 230 g/mol. The minimum atomic E-state index is -1.06. The number of aromatic carboxylic acids is 1. The molecule has 0 aliphatic heterocycles. The summed E-state index contributed by atoms with van der Waals surface area (Å²) >= 11 is 1.01. The van der Waals surface area contributed by atoms with Gasteiger partial charge in [-0.15, -0.1) is 0 Å². The molecule has 1 heterocycles. The number of carboxylic acid groups (broad SMARTS) is 1. The fourth-order valence-electron chi connectivity index (χ4n) is 0.967. The Bertz CT molecular complexity index is 388. The maximum atomic E-state index is 10.8. The van der Waals surface area contributed by atoms with E-state index in [1.807, 2.05) is 0 Å². The molecule has 0 saturated heterocycles. The molecular weight excluding hydrogens is 220 g/mol. The number of nitrogens with one attached hydrogen (secondary N) is 1. The van der Waals surface area contributed by atoms with Gasteiger partial charge < -0.3 is 15.2 Å². The van der Waals surface area contributed by atoms with Gasteiger partial charge in [-0.2, -0.15) is 4.37 Å². The van der Waals surface area contributed by atoms with Gasteiger partial charge in [-0.05, 0) is 18.5 Å². The number of esters is 1. The summed E-state index contributed by atoms with van der Waals surface area (Å²) in [5.41, 5.74) is 0.531. The highest BCUT2D eigenvalue weighted by atomic mass is 32.1. The highest BCUT2D eigenvalue weighted by Gasteiger charge is 2.17. The number of aromatic nitrogens is 1. The second-order valence-electron chi connectivity index (χ2n) is 2.71. The van der Waals surface area contributed by atoms with Crippen molar-refractivity contribution in [3.8, 4) is 0 Å². The number of hydrogen-bond donors (Lipinski definition) is 2. The number of methoxy groups -OCH3 is 1. The molecule has 0 fully saturated rings. The molecule has 0 amide bonds. The smallest absolute Gasteiger partial charge is 0.340 e.